The first-order chi connectivity index (χ1) is 13.8. The number of halogens is 3. The standard InChI is InChI=1S/C22H15F3N2O2/c1-28-18-10-16-19(12-5-4-6-13(9-12)22(23,24)25)17(11-26)21(27)29-20(16)15-8-3-2-7-14(15)18/h2-10,19H,27H2,1H3. The number of methoxy groups -OCH3 is 1. The highest BCUT2D eigenvalue weighted by Gasteiger charge is 2.35. The summed E-state index contributed by atoms with van der Waals surface area (Å²) in [5, 5.41) is 11.1. The van der Waals surface area contributed by atoms with E-state index in [9.17, 15) is 18.4 Å². The molecular formula is C22H15F3N2O2. The second kappa shape index (κ2) is 6.74. The molecule has 29 heavy (non-hydrogen) atoms. The largest absolute Gasteiger partial charge is 0.496 e. The van der Waals surface area contributed by atoms with E-state index in [1.165, 1.54) is 13.2 Å². The zero-order chi connectivity index (χ0) is 20.8. The first-order valence-electron chi connectivity index (χ1n) is 8.69. The topological polar surface area (TPSA) is 68.3 Å². The van der Waals surface area contributed by atoms with Gasteiger partial charge in [0.1, 0.15) is 23.1 Å². The molecule has 1 aliphatic heterocycles. The number of fused-ring (bicyclic) bond motifs is 3. The molecular weight excluding hydrogens is 381 g/mol. The normalized spacial score (nSPS) is 16.2. The lowest BCUT2D eigenvalue weighted by molar-refractivity contribution is -0.137. The summed E-state index contributed by atoms with van der Waals surface area (Å²) in [6.07, 6.45) is -4.51. The molecule has 1 heterocycles. The quantitative estimate of drug-likeness (QED) is 0.656. The van der Waals surface area contributed by atoms with Crippen LogP contribution in [0.25, 0.3) is 10.8 Å². The van der Waals surface area contributed by atoms with Crippen molar-refractivity contribution in [3.05, 3.63) is 82.7 Å². The number of benzene rings is 3. The summed E-state index contributed by atoms with van der Waals surface area (Å²) in [4.78, 5) is 0. The number of nitriles is 1. The van der Waals surface area contributed by atoms with Gasteiger partial charge < -0.3 is 15.2 Å². The van der Waals surface area contributed by atoms with Crippen molar-refractivity contribution in [2.24, 2.45) is 5.73 Å². The third kappa shape index (κ3) is 3.03. The zero-order valence-corrected chi connectivity index (χ0v) is 15.2. The smallest absolute Gasteiger partial charge is 0.416 e. The van der Waals surface area contributed by atoms with Crippen LogP contribution in [0.5, 0.6) is 11.5 Å². The van der Waals surface area contributed by atoms with E-state index in [0.717, 1.165) is 17.5 Å². The van der Waals surface area contributed by atoms with Crippen molar-refractivity contribution in [1.82, 2.24) is 0 Å². The van der Waals surface area contributed by atoms with Crippen molar-refractivity contribution in [3.63, 3.8) is 0 Å². The van der Waals surface area contributed by atoms with Gasteiger partial charge in [-0.05, 0) is 17.7 Å². The molecule has 146 valence electrons. The lowest BCUT2D eigenvalue weighted by atomic mass is 9.82. The van der Waals surface area contributed by atoms with Gasteiger partial charge in [0.05, 0.1) is 18.6 Å². The molecule has 4 rings (SSSR count). The van der Waals surface area contributed by atoms with Crippen molar-refractivity contribution >= 4 is 10.8 Å². The molecule has 0 bridgehead atoms. The Kier molecular flexibility index (Phi) is 4.35. The molecule has 3 aromatic rings. The summed E-state index contributed by atoms with van der Waals surface area (Å²) in [6, 6.07) is 15.9. The number of nitrogens with two attached hydrogens (primary N) is 1. The number of alkyl halides is 3. The van der Waals surface area contributed by atoms with E-state index in [-0.39, 0.29) is 11.5 Å². The van der Waals surface area contributed by atoms with Crippen molar-refractivity contribution in [2.45, 2.75) is 12.1 Å². The Bertz CT molecular complexity index is 1190. The highest BCUT2D eigenvalue weighted by atomic mass is 19.4. The maximum absolute atomic E-state index is 13.3. The van der Waals surface area contributed by atoms with Crippen LogP contribution in [0.4, 0.5) is 13.2 Å². The van der Waals surface area contributed by atoms with E-state index in [1.54, 1.807) is 12.1 Å². The molecule has 0 fully saturated rings. The van der Waals surface area contributed by atoms with Gasteiger partial charge in [0.2, 0.25) is 5.88 Å². The Labute approximate surface area is 164 Å². The van der Waals surface area contributed by atoms with Crippen LogP contribution >= 0.6 is 0 Å². The fourth-order valence-corrected chi connectivity index (χ4v) is 3.66. The molecule has 7 heteroatoms. The van der Waals surface area contributed by atoms with Gasteiger partial charge in [-0.25, -0.2) is 0 Å². The predicted octanol–water partition coefficient (Wildman–Crippen LogP) is 5.09. The van der Waals surface area contributed by atoms with Crippen LogP contribution in [-0.2, 0) is 6.18 Å². The van der Waals surface area contributed by atoms with Crippen LogP contribution in [-0.4, -0.2) is 7.11 Å². The lowest BCUT2D eigenvalue weighted by Gasteiger charge is -2.28. The summed E-state index contributed by atoms with van der Waals surface area (Å²) in [6.45, 7) is 0. The van der Waals surface area contributed by atoms with E-state index in [1.807, 2.05) is 30.3 Å². The van der Waals surface area contributed by atoms with Gasteiger partial charge in [0.25, 0.3) is 0 Å². The van der Waals surface area contributed by atoms with Crippen LogP contribution in [0.2, 0.25) is 0 Å². The number of nitrogens with zero attached hydrogens (tertiary/aromatic N) is 1. The second-order valence-corrected chi connectivity index (χ2v) is 6.59. The molecule has 1 unspecified atom stereocenters. The van der Waals surface area contributed by atoms with Crippen LogP contribution in [0.15, 0.2) is 66.1 Å². The second-order valence-electron chi connectivity index (χ2n) is 6.59. The van der Waals surface area contributed by atoms with E-state index in [0.29, 0.717) is 28.0 Å². The average Bonchev–Trinajstić information content (AvgIpc) is 2.72. The Morgan fingerprint density at radius 2 is 1.79 bits per heavy atom. The highest BCUT2D eigenvalue weighted by molar-refractivity contribution is 5.95. The third-order valence-corrected chi connectivity index (χ3v) is 4.95. The van der Waals surface area contributed by atoms with Crippen molar-refractivity contribution < 1.29 is 22.6 Å². The van der Waals surface area contributed by atoms with E-state index < -0.39 is 17.7 Å². The Morgan fingerprint density at radius 3 is 2.45 bits per heavy atom. The summed E-state index contributed by atoms with van der Waals surface area (Å²) in [5.74, 6) is -0.0136. The molecule has 0 saturated carbocycles. The number of ether oxygens (including phenoxy) is 2. The van der Waals surface area contributed by atoms with Gasteiger partial charge in [-0.3, -0.25) is 0 Å². The van der Waals surface area contributed by atoms with Gasteiger partial charge in [0.15, 0.2) is 0 Å². The van der Waals surface area contributed by atoms with Gasteiger partial charge in [0, 0.05) is 16.3 Å². The molecule has 3 aromatic carbocycles. The lowest BCUT2D eigenvalue weighted by Crippen LogP contribution is -2.21. The molecule has 4 nitrogen and oxygen atoms in total. The molecule has 0 saturated heterocycles. The first kappa shape index (κ1) is 18.7. The third-order valence-electron chi connectivity index (χ3n) is 4.95. The van der Waals surface area contributed by atoms with Crippen molar-refractivity contribution in [2.75, 3.05) is 7.11 Å². The average molecular weight is 396 g/mol. The SMILES string of the molecule is COc1cc2c(c3ccccc13)OC(N)=C(C#N)C2c1cccc(C(F)(F)F)c1. The zero-order valence-electron chi connectivity index (χ0n) is 15.2. The molecule has 2 N–H and O–H groups in total. The van der Waals surface area contributed by atoms with Crippen LogP contribution in [0.3, 0.4) is 0 Å². The van der Waals surface area contributed by atoms with Crippen molar-refractivity contribution in [1.29, 1.82) is 5.26 Å². The maximum atomic E-state index is 13.3. The molecule has 0 aromatic heterocycles. The molecule has 1 aliphatic rings. The molecule has 1 atom stereocenters. The van der Waals surface area contributed by atoms with Gasteiger partial charge in [-0.2, -0.15) is 18.4 Å². The summed E-state index contributed by atoms with van der Waals surface area (Å²) >= 11 is 0. The predicted molar refractivity (Wildman–Crippen MR) is 101 cm³/mol. The minimum absolute atomic E-state index is 0.0501. The number of hydrogen-bond donors (Lipinski definition) is 1. The maximum Gasteiger partial charge on any atom is 0.416 e. The van der Waals surface area contributed by atoms with Crippen LogP contribution in [0, 0.1) is 11.3 Å². The van der Waals surface area contributed by atoms with Gasteiger partial charge in [-0.1, -0.05) is 42.5 Å². The van der Waals surface area contributed by atoms with Gasteiger partial charge in [-0.15, -0.1) is 0 Å². The fourth-order valence-electron chi connectivity index (χ4n) is 3.66. The molecule has 0 aliphatic carbocycles. The van der Waals surface area contributed by atoms with E-state index in [2.05, 4.69) is 0 Å². The minimum Gasteiger partial charge on any atom is -0.496 e. The van der Waals surface area contributed by atoms with Crippen LogP contribution < -0.4 is 15.2 Å². The summed E-state index contributed by atoms with van der Waals surface area (Å²) < 4.78 is 51.0. The van der Waals surface area contributed by atoms with E-state index >= 15 is 0 Å². The number of allylic oxidation sites excluding steroid dienone is 1. The molecule has 0 spiro atoms. The Hall–Kier alpha value is -3.66. The highest BCUT2D eigenvalue weighted by Crippen LogP contribution is 2.48. The number of rotatable bonds is 2. The Balaban J connectivity index is 2.03. The monoisotopic (exact) mass is 396 g/mol. The van der Waals surface area contributed by atoms with Crippen LogP contribution in [0.1, 0.15) is 22.6 Å². The first-order valence-corrected chi connectivity index (χ1v) is 8.69. The fraction of sp³-hybridized carbons (Fsp3) is 0.136. The number of hydrogen-bond acceptors (Lipinski definition) is 4. The summed E-state index contributed by atoms with van der Waals surface area (Å²) in [7, 11) is 1.51. The molecule has 0 radical (unpaired) electrons. The van der Waals surface area contributed by atoms with Gasteiger partial charge >= 0.3 is 6.18 Å². The summed E-state index contributed by atoms with van der Waals surface area (Å²) in [5.41, 5.74) is 6.06. The van der Waals surface area contributed by atoms with E-state index in [4.69, 9.17) is 15.2 Å². The molecule has 0 amide bonds. The minimum atomic E-state index is -4.51. The van der Waals surface area contributed by atoms with Crippen molar-refractivity contribution in [3.8, 4) is 17.6 Å². The Morgan fingerprint density at radius 1 is 1.07 bits per heavy atom.